The zero-order valence-corrected chi connectivity index (χ0v) is 13.2. The van der Waals surface area contributed by atoms with E-state index >= 15 is 0 Å². The van der Waals surface area contributed by atoms with Crippen LogP contribution in [-0.2, 0) is 6.42 Å². The van der Waals surface area contributed by atoms with E-state index < -0.39 is 0 Å². The van der Waals surface area contributed by atoms with Crippen LogP contribution in [0.25, 0.3) is 0 Å². The van der Waals surface area contributed by atoms with Crippen molar-refractivity contribution in [1.82, 2.24) is 4.98 Å². The molecule has 2 N–H and O–H groups in total. The number of aromatic nitrogens is 1. The number of aryl methyl sites for hydroxylation is 2. The molecule has 110 valence electrons. The number of ether oxygens (including phenoxy) is 2. The predicted octanol–water partition coefficient (Wildman–Crippen LogP) is 3.39. The molecule has 0 atom stereocenters. The van der Waals surface area contributed by atoms with Gasteiger partial charge in [-0.25, -0.2) is 4.98 Å². The minimum absolute atomic E-state index is 0.318. The van der Waals surface area contributed by atoms with Gasteiger partial charge >= 0.3 is 0 Å². The second kappa shape index (κ2) is 6.54. The van der Waals surface area contributed by atoms with E-state index in [1.807, 2.05) is 31.2 Å². The number of benzene rings is 1. The Morgan fingerprint density at radius 2 is 2.00 bits per heavy atom. The Bertz CT molecular complexity index is 671. The Hall–Kier alpha value is -2.14. The number of hydrogen-bond acceptors (Lipinski definition) is 4. The van der Waals surface area contributed by atoms with E-state index in [2.05, 4.69) is 11.9 Å². The molecular formula is C16H18N2O2S. The summed E-state index contributed by atoms with van der Waals surface area (Å²) in [5.41, 5.74) is 8.37. The number of nitrogens with two attached hydrogens (primary N) is 1. The first-order valence-electron chi connectivity index (χ1n) is 6.66. The molecule has 0 aliphatic heterocycles. The van der Waals surface area contributed by atoms with Crippen molar-refractivity contribution in [3.05, 3.63) is 47.2 Å². The van der Waals surface area contributed by atoms with Crippen LogP contribution in [0.4, 0.5) is 0 Å². The van der Waals surface area contributed by atoms with Gasteiger partial charge in [-0.15, -0.1) is 0 Å². The van der Waals surface area contributed by atoms with Crippen LogP contribution in [0, 0.1) is 6.92 Å². The number of rotatable bonds is 5. The summed E-state index contributed by atoms with van der Waals surface area (Å²) in [4.78, 5) is 4.65. The summed E-state index contributed by atoms with van der Waals surface area (Å²) in [5.74, 6) is 1.73. The van der Waals surface area contributed by atoms with Gasteiger partial charge in [-0.1, -0.05) is 25.2 Å². The van der Waals surface area contributed by atoms with Crippen molar-refractivity contribution in [2.24, 2.45) is 5.73 Å². The van der Waals surface area contributed by atoms with E-state index in [9.17, 15) is 0 Å². The minimum Gasteiger partial charge on any atom is -0.493 e. The number of pyridine rings is 1. The molecule has 4 nitrogen and oxygen atoms in total. The first-order valence-corrected chi connectivity index (χ1v) is 7.07. The van der Waals surface area contributed by atoms with Gasteiger partial charge in [-0.2, -0.15) is 0 Å². The van der Waals surface area contributed by atoms with E-state index in [1.54, 1.807) is 13.2 Å². The van der Waals surface area contributed by atoms with Gasteiger partial charge in [0.2, 0.25) is 5.88 Å². The number of thiocarbonyl (C=S) groups is 1. The molecular weight excluding hydrogens is 284 g/mol. The lowest BCUT2D eigenvalue weighted by molar-refractivity contribution is 0.373. The van der Waals surface area contributed by atoms with Crippen molar-refractivity contribution in [2.45, 2.75) is 20.3 Å². The van der Waals surface area contributed by atoms with Crippen LogP contribution in [0.1, 0.15) is 23.7 Å². The molecule has 0 bridgehead atoms. The minimum atomic E-state index is 0.318. The molecule has 0 saturated carbocycles. The summed E-state index contributed by atoms with van der Waals surface area (Å²) in [6.07, 6.45) is 0.935. The maximum absolute atomic E-state index is 5.82. The van der Waals surface area contributed by atoms with Crippen molar-refractivity contribution in [3.63, 3.8) is 0 Å². The van der Waals surface area contributed by atoms with Crippen molar-refractivity contribution in [2.75, 3.05) is 7.11 Å². The molecule has 21 heavy (non-hydrogen) atoms. The molecule has 0 aliphatic carbocycles. The van der Waals surface area contributed by atoms with Crippen LogP contribution in [-0.4, -0.2) is 17.1 Å². The zero-order chi connectivity index (χ0) is 15.4. The molecule has 2 aromatic rings. The fourth-order valence-corrected chi connectivity index (χ4v) is 2.08. The highest BCUT2D eigenvalue weighted by Gasteiger charge is 2.09. The Labute approximate surface area is 129 Å². The largest absolute Gasteiger partial charge is 0.493 e. The highest BCUT2D eigenvalue weighted by atomic mass is 32.1. The molecule has 0 fully saturated rings. The van der Waals surface area contributed by atoms with E-state index in [0.717, 1.165) is 17.7 Å². The van der Waals surface area contributed by atoms with E-state index in [4.69, 9.17) is 27.4 Å². The van der Waals surface area contributed by atoms with Crippen molar-refractivity contribution >= 4 is 17.2 Å². The van der Waals surface area contributed by atoms with E-state index in [-0.39, 0.29) is 0 Å². The standard InChI is InChI=1S/C16H18N2O2S/c1-4-11-5-6-13(14(8-11)19-3)20-15-9-12(16(17)21)7-10(2)18-15/h5-9H,4H2,1-3H3,(H2,17,21). The first-order chi connectivity index (χ1) is 10.0. The van der Waals surface area contributed by atoms with Gasteiger partial charge < -0.3 is 15.2 Å². The van der Waals surface area contributed by atoms with Crippen LogP contribution < -0.4 is 15.2 Å². The second-order valence-electron chi connectivity index (χ2n) is 4.64. The Balaban J connectivity index is 2.35. The lowest BCUT2D eigenvalue weighted by Crippen LogP contribution is -2.10. The molecule has 0 spiro atoms. The number of hydrogen-bond donors (Lipinski definition) is 1. The van der Waals surface area contributed by atoms with Crippen molar-refractivity contribution in [1.29, 1.82) is 0 Å². The third-order valence-electron chi connectivity index (χ3n) is 3.07. The van der Waals surface area contributed by atoms with Crippen LogP contribution in [0.15, 0.2) is 30.3 Å². The number of nitrogens with zero attached hydrogens (tertiary/aromatic N) is 1. The molecule has 5 heteroatoms. The Morgan fingerprint density at radius 1 is 1.24 bits per heavy atom. The molecule has 1 aromatic heterocycles. The van der Waals surface area contributed by atoms with Gasteiger partial charge in [0.05, 0.1) is 7.11 Å². The SMILES string of the molecule is CCc1ccc(Oc2cc(C(N)=S)cc(C)n2)c(OC)c1. The van der Waals surface area contributed by atoms with Gasteiger partial charge in [-0.3, -0.25) is 0 Å². The van der Waals surface area contributed by atoms with Gasteiger partial charge in [0.25, 0.3) is 0 Å². The third-order valence-corrected chi connectivity index (χ3v) is 3.30. The highest BCUT2D eigenvalue weighted by molar-refractivity contribution is 7.80. The highest BCUT2D eigenvalue weighted by Crippen LogP contribution is 2.32. The lowest BCUT2D eigenvalue weighted by Gasteiger charge is -2.12. The van der Waals surface area contributed by atoms with Crippen molar-refractivity contribution in [3.8, 4) is 17.4 Å². The molecule has 2 rings (SSSR count). The normalized spacial score (nSPS) is 10.2. The van der Waals surface area contributed by atoms with Crippen LogP contribution in [0.5, 0.6) is 17.4 Å². The van der Waals surface area contributed by atoms with Crippen molar-refractivity contribution < 1.29 is 9.47 Å². The van der Waals surface area contributed by atoms with E-state index in [1.165, 1.54) is 5.56 Å². The van der Waals surface area contributed by atoms with Gasteiger partial charge in [0.15, 0.2) is 11.5 Å². The summed E-state index contributed by atoms with van der Waals surface area (Å²) in [6, 6.07) is 9.39. The fourth-order valence-electron chi connectivity index (χ4n) is 1.96. The molecule has 0 unspecified atom stereocenters. The maximum Gasteiger partial charge on any atom is 0.220 e. The summed E-state index contributed by atoms with van der Waals surface area (Å²) in [5, 5.41) is 0. The molecule has 0 radical (unpaired) electrons. The Kier molecular flexibility index (Phi) is 4.75. The van der Waals surface area contributed by atoms with Gasteiger partial charge in [0.1, 0.15) is 4.99 Å². The molecule has 0 saturated heterocycles. The van der Waals surface area contributed by atoms with Gasteiger partial charge in [0, 0.05) is 17.3 Å². The quantitative estimate of drug-likeness (QED) is 0.858. The molecule has 1 heterocycles. The summed E-state index contributed by atoms with van der Waals surface area (Å²) in [6.45, 7) is 3.96. The lowest BCUT2D eigenvalue weighted by atomic mass is 10.1. The van der Waals surface area contributed by atoms with E-state index in [0.29, 0.717) is 22.4 Å². The average molecular weight is 302 g/mol. The third kappa shape index (κ3) is 3.70. The summed E-state index contributed by atoms with van der Waals surface area (Å²) < 4.78 is 11.2. The average Bonchev–Trinajstić information content (AvgIpc) is 2.47. The van der Waals surface area contributed by atoms with Crippen LogP contribution in [0.3, 0.4) is 0 Å². The topological polar surface area (TPSA) is 57.4 Å². The first kappa shape index (κ1) is 15.3. The Morgan fingerprint density at radius 3 is 2.62 bits per heavy atom. The monoisotopic (exact) mass is 302 g/mol. The maximum atomic E-state index is 5.82. The number of methoxy groups -OCH3 is 1. The molecule has 0 amide bonds. The smallest absolute Gasteiger partial charge is 0.220 e. The predicted molar refractivity (Wildman–Crippen MR) is 87.3 cm³/mol. The molecule has 1 aromatic carbocycles. The van der Waals surface area contributed by atoms with Gasteiger partial charge in [-0.05, 0) is 37.1 Å². The van der Waals surface area contributed by atoms with Crippen LogP contribution >= 0.6 is 12.2 Å². The zero-order valence-electron chi connectivity index (χ0n) is 12.3. The van der Waals surface area contributed by atoms with Crippen LogP contribution in [0.2, 0.25) is 0 Å². The second-order valence-corrected chi connectivity index (χ2v) is 5.08. The summed E-state index contributed by atoms with van der Waals surface area (Å²) in [7, 11) is 1.62. The molecule has 0 aliphatic rings. The summed E-state index contributed by atoms with van der Waals surface area (Å²) >= 11 is 5.00. The fraction of sp³-hybridized carbons (Fsp3) is 0.250.